The van der Waals surface area contributed by atoms with Gasteiger partial charge in [-0.2, -0.15) is 26.3 Å². The molecule has 0 aliphatic carbocycles. The average Bonchev–Trinajstić information content (AvgIpc) is 2.24. The van der Waals surface area contributed by atoms with Crippen LogP contribution in [0.5, 0.6) is 0 Å². The lowest BCUT2D eigenvalue weighted by atomic mass is 10.2. The summed E-state index contributed by atoms with van der Waals surface area (Å²) >= 11 is 5.39. The van der Waals surface area contributed by atoms with Gasteiger partial charge in [0.1, 0.15) is 17.5 Å². The Morgan fingerprint density at radius 1 is 1.15 bits per heavy atom. The number of halogens is 7. The van der Waals surface area contributed by atoms with Crippen molar-refractivity contribution in [2.24, 2.45) is 0 Å². The van der Waals surface area contributed by atoms with Crippen LogP contribution in [0.1, 0.15) is 5.56 Å². The predicted molar refractivity (Wildman–Crippen MR) is 59.6 cm³/mol. The topological polar surface area (TPSA) is 36.4 Å². The number of hydrogen-bond donors (Lipinski definition) is 1. The van der Waals surface area contributed by atoms with Gasteiger partial charge in [0.2, 0.25) is 0 Å². The van der Waals surface area contributed by atoms with Crippen LogP contribution in [0.4, 0.5) is 32.2 Å². The third-order valence-corrected chi connectivity index (χ3v) is 2.37. The van der Waals surface area contributed by atoms with Crippen molar-refractivity contribution < 1.29 is 31.4 Å². The number of nitrogens with zero attached hydrogens (tertiary/aromatic N) is 2. The van der Waals surface area contributed by atoms with Crippen LogP contribution in [-0.2, 0) is 6.18 Å². The second kappa shape index (κ2) is 6.04. The van der Waals surface area contributed by atoms with E-state index in [1.807, 2.05) is 0 Å². The lowest BCUT2D eigenvalue weighted by Gasteiger charge is -2.24. The van der Waals surface area contributed by atoms with Gasteiger partial charge in [-0.05, 0) is 12.1 Å². The van der Waals surface area contributed by atoms with Gasteiger partial charge in [0, 0.05) is 6.54 Å². The summed E-state index contributed by atoms with van der Waals surface area (Å²) in [6.07, 6.45) is -9.41. The summed E-state index contributed by atoms with van der Waals surface area (Å²) < 4.78 is 74.7. The highest BCUT2D eigenvalue weighted by molar-refractivity contribution is 6.29. The van der Waals surface area contributed by atoms with Gasteiger partial charge < -0.3 is 10.0 Å². The van der Waals surface area contributed by atoms with Crippen LogP contribution < -0.4 is 4.90 Å². The van der Waals surface area contributed by atoms with Crippen molar-refractivity contribution in [1.29, 1.82) is 0 Å². The first kappa shape index (κ1) is 16.8. The van der Waals surface area contributed by atoms with Crippen LogP contribution in [0.15, 0.2) is 12.1 Å². The van der Waals surface area contributed by atoms with Gasteiger partial charge in [0.15, 0.2) is 0 Å². The molecule has 0 unspecified atom stereocenters. The zero-order valence-corrected chi connectivity index (χ0v) is 10.5. The lowest BCUT2D eigenvalue weighted by molar-refractivity contribution is -0.137. The summed E-state index contributed by atoms with van der Waals surface area (Å²) in [5.41, 5.74) is -1.21. The standard InChI is InChI=1S/C10H9ClF6N2O/c11-7-3-6(10(15,16)17)4-8(18-7)19(1-2-20)5-9(12,13)14/h3-4,20H,1-2,5H2. The highest BCUT2D eigenvalue weighted by Crippen LogP contribution is 2.33. The summed E-state index contributed by atoms with van der Waals surface area (Å²) in [6, 6.07) is 0.961. The molecular formula is C10H9ClF6N2O. The number of rotatable bonds is 4. The van der Waals surface area contributed by atoms with Crippen LogP contribution >= 0.6 is 11.6 Å². The summed E-state index contributed by atoms with van der Waals surface area (Å²) in [4.78, 5) is 3.90. The molecule has 0 spiro atoms. The van der Waals surface area contributed by atoms with Gasteiger partial charge in [0.05, 0.1) is 12.2 Å². The zero-order chi connectivity index (χ0) is 15.6. The van der Waals surface area contributed by atoms with E-state index in [0.717, 1.165) is 0 Å². The highest BCUT2D eigenvalue weighted by atomic mass is 35.5. The number of aliphatic hydroxyl groups is 1. The van der Waals surface area contributed by atoms with E-state index in [-0.39, 0.29) is 0 Å². The average molecular weight is 323 g/mol. The fourth-order valence-corrected chi connectivity index (χ4v) is 1.62. The van der Waals surface area contributed by atoms with E-state index in [0.29, 0.717) is 17.0 Å². The van der Waals surface area contributed by atoms with Crippen LogP contribution in [0.25, 0.3) is 0 Å². The van der Waals surface area contributed by atoms with Crippen LogP contribution in [0, 0.1) is 0 Å². The summed E-state index contributed by atoms with van der Waals surface area (Å²) in [5.74, 6) is -0.601. The minimum atomic E-state index is -4.76. The molecule has 1 aromatic rings. The summed E-state index contributed by atoms with van der Waals surface area (Å²) in [7, 11) is 0. The number of alkyl halides is 6. The molecule has 0 aromatic carbocycles. The number of aromatic nitrogens is 1. The van der Waals surface area contributed by atoms with E-state index in [1.54, 1.807) is 0 Å². The molecule has 0 aliphatic heterocycles. The van der Waals surface area contributed by atoms with Crippen molar-refractivity contribution in [2.45, 2.75) is 12.4 Å². The lowest BCUT2D eigenvalue weighted by Crippen LogP contribution is -2.37. The van der Waals surface area contributed by atoms with Crippen LogP contribution in [0.3, 0.4) is 0 Å². The van der Waals surface area contributed by atoms with Crippen molar-refractivity contribution in [3.8, 4) is 0 Å². The monoisotopic (exact) mass is 322 g/mol. The van der Waals surface area contributed by atoms with E-state index < -0.39 is 48.6 Å². The molecular weight excluding hydrogens is 314 g/mol. The maximum atomic E-state index is 12.6. The minimum absolute atomic E-state index is 0.452. The summed E-state index contributed by atoms with van der Waals surface area (Å²) in [5, 5.41) is 8.12. The smallest absolute Gasteiger partial charge is 0.395 e. The third kappa shape index (κ3) is 5.04. The Labute approximate surface area is 114 Å². The van der Waals surface area contributed by atoms with Crippen molar-refractivity contribution in [3.05, 3.63) is 22.8 Å². The minimum Gasteiger partial charge on any atom is -0.395 e. The van der Waals surface area contributed by atoms with Gasteiger partial charge in [0.25, 0.3) is 0 Å². The maximum absolute atomic E-state index is 12.6. The first-order valence-electron chi connectivity index (χ1n) is 5.20. The molecule has 1 rings (SSSR count). The molecule has 1 aromatic heterocycles. The molecule has 0 aliphatic rings. The van der Waals surface area contributed by atoms with E-state index in [2.05, 4.69) is 4.98 Å². The number of aliphatic hydroxyl groups excluding tert-OH is 1. The van der Waals surface area contributed by atoms with Crippen molar-refractivity contribution >= 4 is 17.4 Å². The fourth-order valence-electron chi connectivity index (χ4n) is 1.42. The molecule has 1 N–H and O–H groups in total. The fraction of sp³-hybridized carbons (Fsp3) is 0.500. The normalized spacial score (nSPS) is 12.6. The van der Waals surface area contributed by atoms with Crippen LogP contribution in [0.2, 0.25) is 5.15 Å². The highest BCUT2D eigenvalue weighted by Gasteiger charge is 2.34. The Bertz CT molecular complexity index is 462. The number of pyridine rings is 1. The Hall–Kier alpha value is -1.22. The van der Waals surface area contributed by atoms with Gasteiger partial charge in [-0.25, -0.2) is 4.98 Å². The van der Waals surface area contributed by atoms with E-state index in [1.165, 1.54) is 0 Å². The maximum Gasteiger partial charge on any atom is 0.416 e. The molecule has 3 nitrogen and oxygen atoms in total. The van der Waals surface area contributed by atoms with Crippen LogP contribution in [-0.4, -0.2) is 36.0 Å². The molecule has 1 heterocycles. The van der Waals surface area contributed by atoms with Gasteiger partial charge in [-0.15, -0.1) is 0 Å². The van der Waals surface area contributed by atoms with E-state index >= 15 is 0 Å². The molecule has 0 amide bonds. The Morgan fingerprint density at radius 2 is 1.75 bits per heavy atom. The summed E-state index contributed by atoms with van der Waals surface area (Å²) in [6.45, 7) is -2.74. The zero-order valence-electron chi connectivity index (χ0n) is 9.76. The quantitative estimate of drug-likeness (QED) is 0.683. The first-order valence-corrected chi connectivity index (χ1v) is 5.58. The molecule has 20 heavy (non-hydrogen) atoms. The molecule has 0 fully saturated rings. The molecule has 0 saturated heterocycles. The number of hydrogen-bond acceptors (Lipinski definition) is 3. The second-order valence-electron chi connectivity index (χ2n) is 3.79. The Morgan fingerprint density at radius 3 is 2.20 bits per heavy atom. The second-order valence-corrected chi connectivity index (χ2v) is 4.18. The molecule has 10 heteroatoms. The Balaban J connectivity index is 3.16. The van der Waals surface area contributed by atoms with Crippen molar-refractivity contribution in [1.82, 2.24) is 4.98 Å². The first-order chi connectivity index (χ1) is 9.03. The SMILES string of the molecule is OCCN(CC(F)(F)F)c1cc(C(F)(F)F)cc(Cl)n1. The molecule has 0 saturated carbocycles. The number of anilines is 1. The molecule has 0 atom stereocenters. The van der Waals surface area contributed by atoms with Gasteiger partial charge in [-0.1, -0.05) is 11.6 Å². The third-order valence-electron chi connectivity index (χ3n) is 2.17. The largest absolute Gasteiger partial charge is 0.416 e. The molecule has 0 bridgehead atoms. The van der Waals surface area contributed by atoms with Gasteiger partial charge in [-0.3, -0.25) is 0 Å². The Kier molecular flexibility index (Phi) is 5.09. The van der Waals surface area contributed by atoms with Gasteiger partial charge >= 0.3 is 12.4 Å². The van der Waals surface area contributed by atoms with Crippen molar-refractivity contribution in [3.63, 3.8) is 0 Å². The van der Waals surface area contributed by atoms with E-state index in [4.69, 9.17) is 16.7 Å². The van der Waals surface area contributed by atoms with Crippen molar-refractivity contribution in [2.75, 3.05) is 24.6 Å². The predicted octanol–water partition coefficient (Wildman–Crippen LogP) is 3.11. The van der Waals surface area contributed by atoms with E-state index in [9.17, 15) is 26.3 Å². The molecule has 0 radical (unpaired) electrons. The molecule has 114 valence electrons.